The van der Waals surface area contributed by atoms with Crippen LogP contribution < -0.4 is 25.2 Å². The second-order valence-corrected chi connectivity index (χ2v) is 9.77. The van der Waals surface area contributed by atoms with E-state index >= 15 is 0 Å². The van der Waals surface area contributed by atoms with E-state index in [4.69, 9.17) is 27.5 Å². The Morgan fingerprint density at radius 2 is 1.52 bits per heavy atom. The third-order valence-electron chi connectivity index (χ3n) is 3.94. The van der Waals surface area contributed by atoms with E-state index in [1.54, 1.807) is 0 Å². The fourth-order valence-corrected chi connectivity index (χ4v) is 3.68. The van der Waals surface area contributed by atoms with Gasteiger partial charge in [-0.3, -0.25) is 0 Å². The third kappa shape index (κ3) is 6.06. The molecular formula is C20H21N3O6S2. The molecule has 0 aliphatic heterocycles. The van der Waals surface area contributed by atoms with E-state index in [0.717, 1.165) is 6.26 Å². The Labute approximate surface area is 181 Å². The molecule has 4 N–H and O–H groups in total. The molecule has 0 amide bonds. The van der Waals surface area contributed by atoms with Gasteiger partial charge in [-0.15, -0.1) is 12.8 Å². The Kier molecular flexibility index (Phi) is 7.41. The maximum atomic E-state index is 12.1. The van der Waals surface area contributed by atoms with Crippen LogP contribution in [-0.2, 0) is 19.9 Å². The van der Waals surface area contributed by atoms with Crippen LogP contribution in [0.5, 0.6) is 17.2 Å². The molecule has 0 unspecified atom stereocenters. The van der Waals surface area contributed by atoms with Crippen LogP contribution in [-0.4, -0.2) is 43.3 Å². The number of primary sulfonamides is 1. The standard InChI is InChI=1S/C20H21N3O6S2/c1-5-9-22-16-8-7-14(31(21,26)27)11-17(16)29-19-13-15(30(4,24)25)12-18(28-3)20(19)23-10-6-2/h1-2,7-8,11-13,22-23H,9-10H2,3-4H3,(H2,21,26,27). The van der Waals surface area contributed by atoms with Crippen LogP contribution in [0.4, 0.5) is 11.4 Å². The topological polar surface area (TPSA) is 137 Å². The molecular weight excluding hydrogens is 442 g/mol. The fraction of sp³-hybridized carbons (Fsp3) is 0.200. The average Bonchev–Trinajstić information content (AvgIpc) is 2.69. The van der Waals surface area contributed by atoms with Crippen molar-refractivity contribution >= 4 is 31.2 Å². The SMILES string of the molecule is C#CCNc1ccc(S(N)(=O)=O)cc1Oc1cc(S(C)(=O)=O)cc(OC)c1NCC#C. The van der Waals surface area contributed by atoms with Crippen LogP contribution in [0.25, 0.3) is 0 Å². The van der Waals surface area contributed by atoms with Gasteiger partial charge in [0.05, 0.1) is 35.7 Å². The molecule has 2 aromatic rings. The molecule has 9 nitrogen and oxygen atoms in total. The largest absolute Gasteiger partial charge is 0.494 e. The zero-order chi connectivity index (χ0) is 23.2. The maximum Gasteiger partial charge on any atom is 0.238 e. The molecule has 0 aromatic heterocycles. The Balaban J connectivity index is 2.72. The van der Waals surface area contributed by atoms with E-state index in [-0.39, 0.29) is 45.8 Å². The number of nitrogens with one attached hydrogen (secondary N) is 2. The summed E-state index contributed by atoms with van der Waals surface area (Å²) in [6, 6.07) is 6.49. The van der Waals surface area contributed by atoms with Crippen molar-refractivity contribution in [3.05, 3.63) is 30.3 Å². The van der Waals surface area contributed by atoms with Crippen molar-refractivity contribution in [1.82, 2.24) is 0 Å². The molecule has 0 saturated heterocycles. The van der Waals surface area contributed by atoms with Gasteiger partial charge in [0, 0.05) is 24.5 Å². The first-order valence-corrected chi connectivity index (χ1v) is 12.1. The van der Waals surface area contributed by atoms with Gasteiger partial charge in [-0.1, -0.05) is 11.8 Å². The first-order chi connectivity index (χ1) is 14.5. The Bertz CT molecular complexity index is 1270. The minimum Gasteiger partial charge on any atom is -0.494 e. The number of rotatable bonds is 9. The van der Waals surface area contributed by atoms with Crippen molar-refractivity contribution in [3.8, 4) is 41.9 Å². The summed E-state index contributed by atoms with van der Waals surface area (Å²) in [5.41, 5.74) is 0.633. The Morgan fingerprint density at radius 1 is 0.935 bits per heavy atom. The number of nitrogens with two attached hydrogens (primary N) is 1. The molecule has 2 aromatic carbocycles. The number of benzene rings is 2. The maximum absolute atomic E-state index is 12.1. The van der Waals surface area contributed by atoms with Gasteiger partial charge in [0.15, 0.2) is 21.3 Å². The van der Waals surface area contributed by atoms with Gasteiger partial charge in [0.25, 0.3) is 0 Å². The van der Waals surface area contributed by atoms with E-state index in [2.05, 4.69) is 22.5 Å². The molecule has 0 atom stereocenters. The number of anilines is 2. The van der Waals surface area contributed by atoms with Crippen LogP contribution in [0.2, 0.25) is 0 Å². The van der Waals surface area contributed by atoms with Gasteiger partial charge in [-0.2, -0.15) is 0 Å². The molecule has 0 heterocycles. The summed E-state index contributed by atoms with van der Waals surface area (Å²) in [5.74, 6) is 5.03. The lowest BCUT2D eigenvalue weighted by molar-refractivity contribution is 0.409. The molecule has 0 aliphatic carbocycles. The first kappa shape index (κ1) is 23.9. The van der Waals surface area contributed by atoms with Crippen molar-refractivity contribution in [1.29, 1.82) is 0 Å². The zero-order valence-electron chi connectivity index (χ0n) is 16.8. The highest BCUT2D eigenvalue weighted by Gasteiger charge is 2.20. The molecule has 0 spiro atoms. The normalized spacial score (nSPS) is 11.1. The lowest BCUT2D eigenvalue weighted by Crippen LogP contribution is -2.13. The minimum atomic E-state index is -4.03. The van der Waals surface area contributed by atoms with Crippen LogP contribution in [0, 0.1) is 24.7 Å². The quantitative estimate of drug-likeness (QED) is 0.477. The van der Waals surface area contributed by atoms with Gasteiger partial charge in [0.1, 0.15) is 11.4 Å². The van der Waals surface area contributed by atoms with E-state index in [0.29, 0.717) is 5.69 Å². The van der Waals surface area contributed by atoms with Crippen molar-refractivity contribution in [2.75, 3.05) is 37.1 Å². The number of ether oxygens (including phenoxy) is 2. The van der Waals surface area contributed by atoms with Crippen LogP contribution in [0.3, 0.4) is 0 Å². The summed E-state index contributed by atoms with van der Waals surface area (Å²) in [6.45, 7) is 0.213. The van der Waals surface area contributed by atoms with Crippen molar-refractivity contribution in [3.63, 3.8) is 0 Å². The third-order valence-corrected chi connectivity index (χ3v) is 5.94. The Morgan fingerprint density at radius 3 is 2.06 bits per heavy atom. The predicted molar refractivity (Wildman–Crippen MR) is 119 cm³/mol. The summed E-state index contributed by atoms with van der Waals surface area (Å²) in [4.78, 5) is -0.288. The van der Waals surface area contributed by atoms with Gasteiger partial charge in [-0.05, 0) is 12.1 Å². The van der Waals surface area contributed by atoms with Crippen molar-refractivity contribution in [2.24, 2.45) is 5.14 Å². The van der Waals surface area contributed by atoms with Crippen LogP contribution in [0.1, 0.15) is 0 Å². The summed E-state index contributed by atoms with van der Waals surface area (Å²) >= 11 is 0. The van der Waals surface area contributed by atoms with E-state index < -0.39 is 19.9 Å². The summed E-state index contributed by atoms with van der Waals surface area (Å²) in [6.07, 6.45) is 11.6. The molecule has 0 fully saturated rings. The first-order valence-electron chi connectivity index (χ1n) is 8.62. The molecule has 2 rings (SSSR count). The van der Waals surface area contributed by atoms with E-state index in [9.17, 15) is 16.8 Å². The molecule has 0 saturated carbocycles. The highest BCUT2D eigenvalue weighted by atomic mass is 32.2. The number of methoxy groups -OCH3 is 1. The van der Waals surface area contributed by atoms with Crippen molar-refractivity contribution < 1.29 is 26.3 Å². The number of hydrogen-bond donors (Lipinski definition) is 3. The second kappa shape index (κ2) is 9.62. The molecule has 164 valence electrons. The van der Waals surface area contributed by atoms with Gasteiger partial charge in [0.2, 0.25) is 10.0 Å². The highest BCUT2D eigenvalue weighted by Crippen LogP contribution is 2.42. The number of sulfone groups is 1. The molecule has 11 heteroatoms. The number of hydrogen-bond acceptors (Lipinski definition) is 8. The van der Waals surface area contributed by atoms with Crippen molar-refractivity contribution in [2.45, 2.75) is 9.79 Å². The van der Waals surface area contributed by atoms with Gasteiger partial charge in [-0.25, -0.2) is 22.0 Å². The Hall–Kier alpha value is -3.38. The molecule has 0 aliphatic rings. The predicted octanol–water partition coefficient (Wildman–Crippen LogP) is 1.63. The monoisotopic (exact) mass is 463 g/mol. The average molecular weight is 464 g/mol. The number of sulfonamides is 1. The smallest absolute Gasteiger partial charge is 0.238 e. The zero-order valence-corrected chi connectivity index (χ0v) is 18.4. The van der Waals surface area contributed by atoms with Gasteiger partial charge >= 0.3 is 0 Å². The summed E-state index contributed by atoms with van der Waals surface area (Å²) < 4.78 is 59.1. The fourth-order valence-electron chi connectivity index (χ4n) is 2.51. The van der Waals surface area contributed by atoms with E-state index in [1.807, 2.05) is 0 Å². The summed E-state index contributed by atoms with van der Waals surface area (Å²) in [7, 11) is -6.31. The highest BCUT2D eigenvalue weighted by molar-refractivity contribution is 7.90. The summed E-state index contributed by atoms with van der Waals surface area (Å²) in [5, 5.41) is 11.0. The second-order valence-electron chi connectivity index (χ2n) is 6.19. The molecule has 31 heavy (non-hydrogen) atoms. The molecule has 0 radical (unpaired) electrons. The lowest BCUT2D eigenvalue weighted by Gasteiger charge is -2.19. The number of terminal acetylenes is 2. The minimum absolute atomic E-state index is 0.0327. The van der Waals surface area contributed by atoms with Crippen LogP contribution in [0.15, 0.2) is 40.1 Å². The van der Waals surface area contributed by atoms with E-state index in [1.165, 1.54) is 37.4 Å². The van der Waals surface area contributed by atoms with Gasteiger partial charge < -0.3 is 20.1 Å². The lowest BCUT2D eigenvalue weighted by atomic mass is 10.2. The van der Waals surface area contributed by atoms with Crippen LogP contribution >= 0.6 is 0 Å². The molecule has 0 bridgehead atoms.